The molecule has 0 saturated carbocycles. The highest BCUT2D eigenvalue weighted by Crippen LogP contribution is 2.30. The lowest BCUT2D eigenvalue weighted by atomic mass is 10.0. The summed E-state index contributed by atoms with van der Waals surface area (Å²) in [6.45, 7) is 3.92. The molecule has 0 spiro atoms. The van der Waals surface area contributed by atoms with Gasteiger partial charge in [-0.15, -0.1) is 0 Å². The molecule has 4 heteroatoms. The van der Waals surface area contributed by atoms with Gasteiger partial charge in [0, 0.05) is 6.20 Å². The van der Waals surface area contributed by atoms with Crippen LogP contribution in [0, 0.1) is 6.92 Å². The fourth-order valence-electron chi connectivity index (χ4n) is 2.37. The highest BCUT2D eigenvalue weighted by Gasteiger charge is 2.11. The summed E-state index contributed by atoms with van der Waals surface area (Å²) in [6, 6.07) is 9.29. The number of nitrogens with zero attached hydrogens (tertiary/aromatic N) is 1. The van der Waals surface area contributed by atoms with Crippen molar-refractivity contribution in [3.8, 4) is 11.6 Å². The molecule has 0 aliphatic heterocycles. The second-order valence-electron chi connectivity index (χ2n) is 4.99. The topological polar surface area (TPSA) is 55.5 Å². The zero-order valence-corrected chi connectivity index (χ0v) is 12.0. The van der Waals surface area contributed by atoms with Crippen LogP contribution in [-0.4, -0.2) is 10.1 Å². The number of aromatic nitrogens is 1. The molecule has 0 bridgehead atoms. The predicted molar refractivity (Wildman–Crippen MR) is 80.5 cm³/mol. The van der Waals surface area contributed by atoms with Crippen LogP contribution in [0.5, 0.6) is 11.6 Å². The fourth-order valence-corrected chi connectivity index (χ4v) is 2.37. The molecule has 0 radical (unpaired) electrons. The SMILES string of the molecule is CCC(O)c1ccc(Oc2nccc3occc23)cc1C. The average molecular weight is 283 g/mol. The minimum Gasteiger partial charge on any atom is -0.464 e. The number of rotatable bonds is 4. The van der Waals surface area contributed by atoms with Gasteiger partial charge >= 0.3 is 0 Å². The van der Waals surface area contributed by atoms with Gasteiger partial charge in [-0.25, -0.2) is 4.98 Å². The van der Waals surface area contributed by atoms with Gasteiger partial charge in [0.05, 0.1) is 17.8 Å². The van der Waals surface area contributed by atoms with E-state index >= 15 is 0 Å². The lowest BCUT2D eigenvalue weighted by Gasteiger charge is -2.13. The van der Waals surface area contributed by atoms with Crippen molar-refractivity contribution in [2.45, 2.75) is 26.4 Å². The van der Waals surface area contributed by atoms with Gasteiger partial charge in [0.1, 0.15) is 11.3 Å². The van der Waals surface area contributed by atoms with Gasteiger partial charge in [0.15, 0.2) is 0 Å². The van der Waals surface area contributed by atoms with Gasteiger partial charge in [0.2, 0.25) is 5.88 Å². The van der Waals surface area contributed by atoms with Crippen molar-refractivity contribution >= 4 is 11.0 Å². The Morgan fingerprint density at radius 1 is 1.29 bits per heavy atom. The quantitative estimate of drug-likeness (QED) is 0.772. The number of furan rings is 1. The molecule has 1 atom stereocenters. The van der Waals surface area contributed by atoms with Gasteiger partial charge in [-0.05, 0) is 48.7 Å². The van der Waals surface area contributed by atoms with E-state index in [1.54, 1.807) is 18.5 Å². The van der Waals surface area contributed by atoms with Crippen LogP contribution in [0.25, 0.3) is 11.0 Å². The first kappa shape index (κ1) is 13.6. The number of hydrogen-bond donors (Lipinski definition) is 1. The Bertz CT molecular complexity index is 764. The average Bonchev–Trinajstić information content (AvgIpc) is 2.96. The summed E-state index contributed by atoms with van der Waals surface area (Å²) in [5, 5.41) is 10.8. The van der Waals surface area contributed by atoms with E-state index in [-0.39, 0.29) is 0 Å². The molecular weight excluding hydrogens is 266 g/mol. The number of hydrogen-bond acceptors (Lipinski definition) is 4. The second kappa shape index (κ2) is 5.58. The van der Waals surface area contributed by atoms with Crippen LogP contribution in [0.15, 0.2) is 47.2 Å². The largest absolute Gasteiger partial charge is 0.464 e. The minimum absolute atomic E-state index is 0.436. The molecule has 3 aromatic rings. The van der Waals surface area contributed by atoms with Crippen molar-refractivity contribution < 1.29 is 14.3 Å². The van der Waals surface area contributed by atoms with Gasteiger partial charge in [-0.2, -0.15) is 0 Å². The smallest absolute Gasteiger partial charge is 0.230 e. The highest BCUT2D eigenvalue weighted by molar-refractivity contribution is 5.82. The van der Waals surface area contributed by atoms with Crippen molar-refractivity contribution in [1.82, 2.24) is 4.98 Å². The van der Waals surface area contributed by atoms with Crippen molar-refractivity contribution in [3.63, 3.8) is 0 Å². The minimum atomic E-state index is -0.436. The summed E-state index contributed by atoms with van der Waals surface area (Å²) in [5.41, 5.74) is 2.68. The normalized spacial score (nSPS) is 12.5. The van der Waals surface area contributed by atoms with Crippen LogP contribution in [0.4, 0.5) is 0 Å². The molecule has 21 heavy (non-hydrogen) atoms. The van der Waals surface area contributed by atoms with Crippen LogP contribution >= 0.6 is 0 Å². The third-order valence-electron chi connectivity index (χ3n) is 3.54. The summed E-state index contributed by atoms with van der Waals surface area (Å²) in [7, 11) is 0. The van der Waals surface area contributed by atoms with Crippen molar-refractivity contribution in [2.75, 3.05) is 0 Å². The standard InChI is InChI=1S/C17H17NO3/c1-3-15(19)13-5-4-12(10-11(13)2)21-17-14-7-9-20-16(14)6-8-18-17/h4-10,15,19H,3H2,1-2H3. The third-order valence-corrected chi connectivity index (χ3v) is 3.54. The Kier molecular flexibility index (Phi) is 3.62. The van der Waals surface area contributed by atoms with E-state index in [0.29, 0.717) is 18.1 Å². The molecule has 2 aromatic heterocycles. The molecule has 4 nitrogen and oxygen atoms in total. The number of benzene rings is 1. The maximum atomic E-state index is 9.94. The summed E-state index contributed by atoms with van der Waals surface area (Å²) >= 11 is 0. The first-order chi connectivity index (χ1) is 10.2. The zero-order valence-electron chi connectivity index (χ0n) is 12.0. The molecular formula is C17H17NO3. The number of fused-ring (bicyclic) bond motifs is 1. The van der Waals surface area contributed by atoms with Crippen molar-refractivity contribution in [3.05, 3.63) is 53.9 Å². The van der Waals surface area contributed by atoms with E-state index in [0.717, 1.165) is 22.1 Å². The maximum Gasteiger partial charge on any atom is 0.230 e. The summed E-state index contributed by atoms with van der Waals surface area (Å²) < 4.78 is 11.2. The van der Waals surface area contributed by atoms with Gasteiger partial charge in [-0.3, -0.25) is 0 Å². The van der Waals surface area contributed by atoms with Crippen molar-refractivity contribution in [2.24, 2.45) is 0 Å². The molecule has 1 unspecified atom stereocenters. The molecule has 1 N–H and O–H groups in total. The summed E-state index contributed by atoms with van der Waals surface area (Å²) in [6.07, 6.45) is 3.53. The number of aryl methyl sites for hydroxylation is 1. The zero-order chi connectivity index (χ0) is 14.8. The Labute approximate surface area is 123 Å². The Balaban J connectivity index is 1.92. The molecule has 108 valence electrons. The van der Waals surface area contributed by atoms with Crippen LogP contribution < -0.4 is 4.74 Å². The lowest BCUT2D eigenvalue weighted by Crippen LogP contribution is -1.98. The van der Waals surface area contributed by atoms with E-state index in [9.17, 15) is 5.11 Å². The Morgan fingerprint density at radius 3 is 2.90 bits per heavy atom. The van der Waals surface area contributed by atoms with Crippen LogP contribution in [0.1, 0.15) is 30.6 Å². The molecule has 0 aliphatic carbocycles. The molecule has 0 saturated heterocycles. The first-order valence-electron chi connectivity index (χ1n) is 6.97. The number of ether oxygens (including phenoxy) is 1. The fraction of sp³-hybridized carbons (Fsp3) is 0.235. The van der Waals surface area contributed by atoms with E-state index in [1.807, 2.05) is 38.1 Å². The molecule has 2 heterocycles. The highest BCUT2D eigenvalue weighted by atomic mass is 16.5. The maximum absolute atomic E-state index is 9.94. The van der Waals surface area contributed by atoms with Gasteiger partial charge in [0.25, 0.3) is 0 Å². The number of pyridine rings is 1. The summed E-state index contributed by atoms with van der Waals surface area (Å²) in [5.74, 6) is 1.21. The van der Waals surface area contributed by atoms with Gasteiger partial charge in [-0.1, -0.05) is 13.0 Å². The Hall–Kier alpha value is -2.33. The van der Waals surface area contributed by atoms with Crippen LogP contribution in [0.3, 0.4) is 0 Å². The lowest BCUT2D eigenvalue weighted by molar-refractivity contribution is 0.173. The predicted octanol–water partition coefficient (Wildman–Crippen LogP) is 4.37. The van der Waals surface area contributed by atoms with Crippen LogP contribution in [0.2, 0.25) is 0 Å². The first-order valence-corrected chi connectivity index (χ1v) is 6.97. The number of aliphatic hydroxyl groups excluding tert-OH is 1. The van der Waals surface area contributed by atoms with Crippen molar-refractivity contribution in [1.29, 1.82) is 0 Å². The van der Waals surface area contributed by atoms with E-state index in [2.05, 4.69) is 4.98 Å². The Morgan fingerprint density at radius 2 is 2.14 bits per heavy atom. The monoisotopic (exact) mass is 283 g/mol. The van der Waals surface area contributed by atoms with Crippen LogP contribution in [-0.2, 0) is 0 Å². The number of aliphatic hydroxyl groups is 1. The molecule has 0 aliphatic rings. The van der Waals surface area contributed by atoms with E-state index < -0.39 is 6.10 Å². The third kappa shape index (κ3) is 2.62. The molecule has 0 amide bonds. The molecule has 0 fully saturated rings. The molecule has 1 aromatic carbocycles. The van der Waals surface area contributed by atoms with E-state index in [4.69, 9.17) is 9.15 Å². The second-order valence-corrected chi connectivity index (χ2v) is 4.99. The van der Waals surface area contributed by atoms with Gasteiger partial charge < -0.3 is 14.3 Å². The van der Waals surface area contributed by atoms with E-state index in [1.165, 1.54) is 0 Å². The molecule has 3 rings (SSSR count). The summed E-state index contributed by atoms with van der Waals surface area (Å²) in [4.78, 5) is 4.25.